The van der Waals surface area contributed by atoms with Gasteiger partial charge in [-0.15, -0.1) is 0 Å². The Morgan fingerprint density at radius 3 is 2.19 bits per heavy atom. The summed E-state index contributed by atoms with van der Waals surface area (Å²) in [6.07, 6.45) is 7.38. The number of ketones is 1. The van der Waals surface area contributed by atoms with Gasteiger partial charge in [-0.1, -0.05) is 66.7 Å². The molecule has 2 aromatic rings. The number of carbonyl (C=O) groups excluding carboxylic acids is 1. The zero-order chi connectivity index (χ0) is 18.9. The van der Waals surface area contributed by atoms with Crippen molar-refractivity contribution in [3.05, 3.63) is 69.2 Å². The molecule has 0 spiro atoms. The lowest BCUT2D eigenvalue weighted by Gasteiger charge is -2.08. The van der Waals surface area contributed by atoms with Crippen molar-refractivity contribution >= 4 is 29.0 Å². The molecule has 0 fully saturated rings. The highest BCUT2D eigenvalue weighted by Gasteiger charge is 2.13. The summed E-state index contributed by atoms with van der Waals surface area (Å²) in [6, 6.07) is 12.8. The van der Waals surface area contributed by atoms with E-state index in [4.69, 9.17) is 23.2 Å². The monoisotopic (exact) mass is 391 g/mol. The standard InChI is InChI=1S/C22H27Cl2NO/c1-25(2)15-7-5-3-4-6-8-17-9-11-18(12-10-17)22(26)20-14-13-19(23)16-21(20)24/h9-14,16H,3-8,15H2,1-2H3. The second-order valence-electron chi connectivity index (χ2n) is 6.97. The minimum Gasteiger partial charge on any atom is -0.309 e. The molecule has 0 bridgehead atoms. The minimum absolute atomic E-state index is 0.0703. The van der Waals surface area contributed by atoms with Crippen LogP contribution in [0.25, 0.3) is 0 Å². The summed E-state index contributed by atoms with van der Waals surface area (Å²) in [5, 5.41) is 0.921. The summed E-state index contributed by atoms with van der Waals surface area (Å²) in [5.41, 5.74) is 2.42. The van der Waals surface area contributed by atoms with E-state index in [9.17, 15) is 4.79 Å². The summed E-state index contributed by atoms with van der Waals surface area (Å²) in [5.74, 6) is -0.0703. The van der Waals surface area contributed by atoms with Gasteiger partial charge in [-0.3, -0.25) is 4.79 Å². The molecule has 0 N–H and O–H groups in total. The number of nitrogens with zero attached hydrogens (tertiary/aromatic N) is 1. The third-order valence-electron chi connectivity index (χ3n) is 4.46. The third-order valence-corrected chi connectivity index (χ3v) is 5.01. The first kappa shape index (κ1) is 21.0. The fourth-order valence-corrected chi connectivity index (χ4v) is 3.43. The van der Waals surface area contributed by atoms with E-state index in [1.54, 1.807) is 18.2 Å². The molecule has 2 nitrogen and oxygen atoms in total. The van der Waals surface area contributed by atoms with Crippen LogP contribution in [0.15, 0.2) is 42.5 Å². The van der Waals surface area contributed by atoms with Gasteiger partial charge >= 0.3 is 0 Å². The van der Waals surface area contributed by atoms with Crippen LogP contribution in [-0.4, -0.2) is 31.3 Å². The number of hydrogen-bond acceptors (Lipinski definition) is 2. The second-order valence-corrected chi connectivity index (χ2v) is 7.81. The molecular formula is C22H27Cl2NO. The number of rotatable bonds is 10. The number of carbonyl (C=O) groups is 1. The van der Waals surface area contributed by atoms with Crippen LogP contribution < -0.4 is 0 Å². The van der Waals surface area contributed by atoms with Gasteiger partial charge in [-0.25, -0.2) is 0 Å². The first-order valence-electron chi connectivity index (χ1n) is 9.21. The van der Waals surface area contributed by atoms with Crippen LogP contribution in [0.2, 0.25) is 10.0 Å². The van der Waals surface area contributed by atoms with Crippen molar-refractivity contribution in [3.63, 3.8) is 0 Å². The summed E-state index contributed by atoms with van der Waals surface area (Å²) in [4.78, 5) is 14.8. The van der Waals surface area contributed by atoms with Crippen molar-refractivity contribution in [2.75, 3.05) is 20.6 Å². The zero-order valence-corrected chi connectivity index (χ0v) is 17.1. The Labute approximate surface area is 167 Å². The molecule has 0 amide bonds. The number of benzene rings is 2. The lowest BCUT2D eigenvalue weighted by Crippen LogP contribution is -2.12. The van der Waals surface area contributed by atoms with Gasteiger partial charge in [0.15, 0.2) is 5.78 Å². The smallest absolute Gasteiger partial charge is 0.194 e. The van der Waals surface area contributed by atoms with Crippen LogP contribution in [0.4, 0.5) is 0 Å². The Morgan fingerprint density at radius 2 is 1.54 bits per heavy atom. The van der Waals surface area contributed by atoms with Crippen molar-refractivity contribution < 1.29 is 4.79 Å². The molecule has 26 heavy (non-hydrogen) atoms. The lowest BCUT2D eigenvalue weighted by atomic mass is 10.00. The van der Waals surface area contributed by atoms with Crippen molar-refractivity contribution in [3.8, 4) is 0 Å². The van der Waals surface area contributed by atoms with Crippen molar-refractivity contribution in [1.82, 2.24) is 4.90 Å². The van der Waals surface area contributed by atoms with E-state index < -0.39 is 0 Å². The maximum atomic E-state index is 12.6. The van der Waals surface area contributed by atoms with Gasteiger partial charge in [0, 0.05) is 16.1 Å². The normalized spacial score (nSPS) is 11.1. The first-order chi connectivity index (χ1) is 12.5. The SMILES string of the molecule is CN(C)CCCCCCCc1ccc(C(=O)c2ccc(Cl)cc2Cl)cc1. The molecule has 0 heterocycles. The Kier molecular flexibility index (Phi) is 8.64. The van der Waals surface area contributed by atoms with Gasteiger partial charge < -0.3 is 4.90 Å². The fourth-order valence-electron chi connectivity index (χ4n) is 2.94. The van der Waals surface area contributed by atoms with Gasteiger partial charge in [0.1, 0.15) is 0 Å². The molecule has 2 aromatic carbocycles. The molecular weight excluding hydrogens is 365 g/mol. The first-order valence-corrected chi connectivity index (χ1v) is 9.96. The molecule has 0 unspecified atom stereocenters. The molecule has 0 saturated heterocycles. The van der Waals surface area contributed by atoms with Gasteiger partial charge in [0.25, 0.3) is 0 Å². The van der Waals surface area contributed by atoms with Crippen molar-refractivity contribution in [2.45, 2.75) is 38.5 Å². The zero-order valence-electron chi connectivity index (χ0n) is 15.6. The Hall–Kier alpha value is -1.35. The lowest BCUT2D eigenvalue weighted by molar-refractivity contribution is 0.103. The van der Waals surface area contributed by atoms with E-state index in [1.807, 2.05) is 24.3 Å². The molecule has 0 aliphatic rings. The van der Waals surface area contributed by atoms with Crippen LogP contribution in [0.5, 0.6) is 0 Å². The molecule has 0 aromatic heterocycles. The largest absolute Gasteiger partial charge is 0.309 e. The minimum atomic E-state index is -0.0703. The van der Waals surface area contributed by atoms with E-state index >= 15 is 0 Å². The number of halogens is 2. The predicted octanol–water partition coefficient (Wildman–Crippen LogP) is 6.28. The topological polar surface area (TPSA) is 20.3 Å². The maximum Gasteiger partial charge on any atom is 0.194 e. The molecule has 0 saturated carbocycles. The summed E-state index contributed by atoms with van der Waals surface area (Å²) in [7, 11) is 4.24. The van der Waals surface area contributed by atoms with Gasteiger partial charge in [-0.05, 0) is 63.7 Å². The average Bonchev–Trinajstić information content (AvgIpc) is 2.60. The molecule has 0 aliphatic carbocycles. The van der Waals surface area contributed by atoms with Gasteiger partial charge in [-0.2, -0.15) is 0 Å². The van der Waals surface area contributed by atoms with Gasteiger partial charge in [0.2, 0.25) is 0 Å². The van der Waals surface area contributed by atoms with Crippen LogP contribution >= 0.6 is 23.2 Å². The van der Waals surface area contributed by atoms with E-state index in [-0.39, 0.29) is 5.78 Å². The molecule has 0 aliphatic heterocycles. The average molecular weight is 392 g/mol. The van der Waals surface area contributed by atoms with Crippen LogP contribution in [0, 0.1) is 0 Å². The highest BCUT2D eigenvalue weighted by Crippen LogP contribution is 2.23. The summed E-state index contributed by atoms with van der Waals surface area (Å²) >= 11 is 12.0. The van der Waals surface area contributed by atoms with E-state index in [1.165, 1.54) is 44.2 Å². The molecule has 0 radical (unpaired) electrons. The van der Waals surface area contributed by atoms with E-state index in [2.05, 4.69) is 19.0 Å². The number of unbranched alkanes of at least 4 members (excludes halogenated alkanes) is 4. The molecule has 2 rings (SSSR count). The van der Waals surface area contributed by atoms with Crippen LogP contribution in [0.1, 0.15) is 53.6 Å². The molecule has 140 valence electrons. The quantitative estimate of drug-likeness (QED) is 0.350. The highest BCUT2D eigenvalue weighted by atomic mass is 35.5. The Balaban J connectivity index is 1.80. The fraction of sp³-hybridized carbons (Fsp3) is 0.409. The maximum absolute atomic E-state index is 12.6. The van der Waals surface area contributed by atoms with Crippen molar-refractivity contribution in [1.29, 1.82) is 0 Å². The van der Waals surface area contributed by atoms with Gasteiger partial charge in [0.05, 0.1) is 5.02 Å². The number of hydrogen-bond donors (Lipinski definition) is 0. The van der Waals surface area contributed by atoms with Crippen LogP contribution in [0.3, 0.4) is 0 Å². The second kappa shape index (κ2) is 10.7. The van der Waals surface area contributed by atoms with Crippen molar-refractivity contribution in [2.24, 2.45) is 0 Å². The van der Waals surface area contributed by atoms with Crippen LogP contribution in [-0.2, 0) is 6.42 Å². The van der Waals surface area contributed by atoms with E-state index in [0.29, 0.717) is 21.2 Å². The summed E-state index contributed by atoms with van der Waals surface area (Å²) in [6.45, 7) is 1.17. The predicted molar refractivity (Wildman–Crippen MR) is 112 cm³/mol. The van der Waals surface area contributed by atoms with E-state index in [0.717, 1.165) is 6.42 Å². The highest BCUT2D eigenvalue weighted by molar-refractivity contribution is 6.37. The Morgan fingerprint density at radius 1 is 0.885 bits per heavy atom. The summed E-state index contributed by atoms with van der Waals surface area (Å²) < 4.78 is 0. The third kappa shape index (κ3) is 6.75. The molecule has 4 heteroatoms. The molecule has 0 atom stereocenters. The Bertz CT molecular complexity index is 711. The number of aryl methyl sites for hydroxylation is 1.